The van der Waals surface area contributed by atoms with Crippen LogP contribution in [0.4, 0.5) is 5.69 Å². The smallest absolute Gasteiger partial charge is 0.275 e. The molecule has 0 radical (unpaired) electrons. The molecular formula is C21H24N4O5S. The standard InChI is InChI=1S/C21H24N4O5S/c1-22-19(26)8-13-4-5-16-18(30-13)9-29-17-6-3-12(7-14(17)21(28)25(16)2)24-20(27)15-10-31-11-23-15/h3,6-7,10-11,13,16,18H,4-5,8-9H2,1-2H3,(H,22,26)(H,24,27)/t13-,16-,18-/m1/s1. The zero-order valence-corrected chi connectivity index (χ0v) is 18.1. The first-order chi connectivity index (χ1) is 15.0. The van der Waals surface area contributed by atoms with Crippen molar-refractivity contribution in [1.82, 2.24) is 15.2 Å². The number of carbonyl (C=O) groups excluding carboxylic acids is 3. The molecule has 1 fully saturated rings. The number of carbonyl (C=O) groups is 3. The third kappa shape index (κ3) is 4.54. The van der Waals surface area contributed by atoms with E-state index < -0.39 is 0 Å². The summed E-state index contributed by atoms with van der Waals surface area (Å²) >= 11 is 1.34. The highest BCUT2D eigenvalue weighted by Gasteiger charge is 2.39. The highest BCUT2D eigenvalue weighted by atomic mass is 32.1. The Hall–Kier alpha value is -2.98. The molecule has 31 heavy (non-hydrogen) atoms. The molecule has 9 nitrogen and oxygen atoms in total. The number of hydrogen-bond donors (Lipinski definition) is 2. The van der Waals surface area contributed by atoms with Gasteiger partial charge in [0.05, 0.1) is 29.6 Å². The molecule has 2 N–H and O–H groups in total. The van der Waals surface area contributed by atoms with Gasteiger partial charge in [-0.25, -0.2) is 4.98 Å². The lowest BCUT2D eigenvalue weighted by atomic mass is 9.94. The van der Waals surface area contributed by atoms with Gasteiger partial charge in [0.1, 0.15) is 24.2 Å². The number of amides is 3. The topological polar surface area (TPSA) is 110 Å². The minimum atomic E-state index is -0.336. The van der Waals surface area contributed by atoms with Crippen molar-refractivity contribution in [3.05, 3.63) is 40.3 Å². The number of nitrogens with one attached hydrogen (secondary N) is 2. The number of hydrogen-bond acceptors (Lipinski definition) is 7. The number of anilines is 1. The summed E-state index contributed by atoms with van der Waals surface area (Å²) in [5, 5.41) is 7.04. The molecular weight excluding hydrogens is 420 g/mol. The highest BCUT2D eigenvalue weighted by Crippen LogP contribution is 2.32. The van der Waals surface area contributed by atoms with E-state index in [0.717, 1.165) is 0 Å². The summed E-state index contributed by atoms with van der Waals surface area (Å²) in [6.07, 6.45) is 1.16. The second-order valence-corrected chi connectivity index (χ2v) is 8.30. The molecule has 3 amide bonds. The van der Waals surface area contributed by atoms with Crippen LogP contribution in [-0.4, -0.2) is 66.6 Å². The molecule has 2 aliphatic heterocycles. The highest BCUT2D eigenvalue weighted by molar-refractivity contribution is 7.07. The molecule has 2 aliphatic rings. The quantitative estimate of drug-likeness (QED) is 0.746. The first-order valence-corrected chi connectivity index (χ1v) is 11.0. The lowest BCUT2D eigenvalue weighted by Crippen LogP contribution is -2.53. The molecule has 0 unspecified atom stereocenters. The van der Waals surface area contributed by atoms with Crippen LogP contribution >= 0.6 is 11.3 Å². The Balaban J connectivity index is 1.52. The predicted octanol–water partition coefficient (Wildman–Crippen LogP) is 1.91. The van der Waals surface area contributed by atoms with E-state index in [2.05, 4.69) is 15.6 Å². The molecule has 1 saturated heterocycles. The molecule has 0 bridgehead atoms. The van der Waals surface area contributed by atoms with Gasteiger partial charge in [0.15, 0.2) is 0 Å². The molecule has 164 valence electrons. The van der Waals surface area contributed by atoms with Crippen LogP contribution in [0.15, 0.2) is 29.1 Å². The van der Waals surface area contributed by atoms with Gasteiger partial charge >= 0.3 is 0 Å². The van der Waals surface area contributed by atoms with E-state index >= 15 is 0 Å². The van der Waals surface area contributed by atoms with Crippen LogP contribution in [0.3, 0.4) is 0 Å². The van der Waals surface area contributed by atoms with Crippen LogP contribution < -0.4 is 15.4 Å². The van der Waals surface area contributed by atoms with Gasteiger partial charge in [0.2, 0.25) is 5.91 Å². The molecule has 4 rings (SSSR count). The average Bonchev–Trinajstić information content (AvgIpc) is 3.32. The molecule has 2 aromatic rings. The third-order valence-electron chi connectivity index (χ3n) is 5.63. The third-order valence-corrected chi connectivity index (χ3v) is 6.21. The molecule has 0 aliphatic carbocycles. The van der Waals surface area contributed by atoms with Gasteiger partial charge in [-0.2, -0.15) is 0 Å². The second-order valence-electron chi connectivity index (χ2n) is 7.58. The number of aromatic nitrogens is 1. The van der Waals surface area contributed by atoms with E-state index in [4.69, 9.17) is 9.47 Å². The molecule has 0 saturated carbocycles. The Morgan fingerprint density at radius 2 is 2.16 bits per heavy atom. The Labute approximate surface area is 183 Å². The lowest BCUT2D eigenvalue weighted by Gasteiger charge is -2.42. The summed E-state index contributed by atoms with van der Waals surface area (Å²) in [5.41, 5.74) is 2.78. The minimum Gasteiger partial charge on any atom is -0.490 e. The normalized spacial score (nSPS) is 23.0. The van der Waals surface area contributed by atoms with Crippen LogP contribution in [0.1, 0.15) is 40.1 Å². The van der Waals surface area contributed by atoms with Gasteiger partial charge in [-0.15, -0.1) is 11.3 Å². The van der Waals surface area contributed by atoms with Crippen molar-refractivity contribution < 1.29 is 23.9 Å². The summed E-state index contributed by atoms with van der Waals surface area (Å²) < 4.78 is 12.0. The molecule has 10 heteroatoms. The number of rotatable bonds is 4. The first-order valence-electron chi connectivity index (χ1n) is 10.1. The van der Waals surface area contributed by atoms with Crippen molar-refractivity contribution in [3.63, 3.8) is 0 Å². The second kappa shape index (κ2) is 9.03. The van der Waals surface area contributed by atoms with Gasteiger partial charge in [-0.1, -0.05) is 0 Å². The van der Waals surface area contributed by atoms with Crippen molar-refractivity contribution in [1.29, 1.82) is 0 Å². The fraction of sp³-hybridized carbons (Fsp3) is 0.429. The van der Waals surface area contributed by atoms with Gasteiger partial charge in [-0.05, 0) is 31.0 Å². The van der Waals surface area contributed by atoms with Crippen LogP contribution in [0.25, 0.3) is 0 Å². The van der Waals surface area contributed by atoms with E-state index in [1.165, 1.54) is 11.3 Å². The number of fused-ring (bicyclic) bond motifs is 2. The minimum absolute atomic E-state index is 0.0720. The van der Waals surface area contributed by atoms with E-state index in [1.54, 1.807) is 48.1 Å². The first kappa shape index (κ1) is 21.3. The maximum absolute atomic E-state index is 13.2. The van der Waals surface area contributed by atoms with E-state index in [-0.39, 0.29) is 49.0 Å². The Bertz CT molecular complexity index is 980. The van der Waals surface area contributed by atoms with Crippen LogP contribution in [0, 0.1) is 0 Å². The maximum Gasteiger partial charge on any atom is 0.275 e. The molecule has 1 aromatic heterocycles. The van der Waals surface area contributed by atoms with Crippen molar-refractivity contribution in [2.75, 3.05) is 26.0 Å². The lowest BCUT2D eigenvalue weighted by molar-refractivity contribution is -0.133. The zero-order valence-electron chi connectivity index (χ0n) is 17.3. The summed E-state index contributed by atoms with van der Waals surface area (Å²) in [6, 6.07) is 4.82. The van der Waals surface area contributed by atoms with Gasteiger partial charge in [-0.3, -0.25) is 14.4 Å². The van der Waals surface area contributed by atoms with Crippen molar-refractivity contribution >= 4 is 34.7 Å². The summed E-state index contributed by atoms with van der Waals surface area (Å²) in [6.45, 7) is 0.268. The van der Waals surface area contributed by atoms with E-state index in [0.29, 0.717) is 35.5 Å². The van der Waals surface area contributed by atoms with Crippen LogP contribution in [0.5, 0.6) is 5.75 Å². The van der Waals surface area contributed by atoms with Gasteiger partial charge in [0, 0.05) is 25.2 Å². The number of benzene rings is 1. The largest absolute Gasteiger partial charge is 0.490 e. The molecule has 1 aromatic carbocycles. The van der Waals surface area contributed by atoms with E-state index in [1.807, 2.05) is 0 Å². The monoisotopic (exact) mass is 444 g/mol. The van der Waals surface area contributed by atoms with Gasteiger partial charge < -0.3 is 25.0 Å². The van der Waals surface area contributed by atoms with E-state index in [9.17, 15) is 14.4 Å². The van der Waals surface area contributed by atoms with Crippen LogP contribution in [0.2, 0.25) is 0 Å². The van der Waals surface area contributed by atoms with Crippen molar-refractivity contribution in [3.8, 4) is 5.75 Å². The fourth-order valence-corrected chi connectivity index (χ4v) is 4.47. The predicted molar refractivity (Wildman–Crippen MR) is 114 cm³/mol. The van der Waals surface area contributed by atoms with Crippen molar-refractivity contribution in [2.24, 2.45) is 0 Å². The zero-order chi connectivity index (χ0) is 22.0. The summed E-state index contributed by atoms with van der Waals surface area (Å²) in [5.74, 6) is -0.185. The van der Waals surface area contributed by atoms with Crippen molar-refractivity contribution in [2.45, 2.75) is 37.5 Å². The number of thiazole rings is 1. The number of likely N-dealkylation sites (N-methyl/N-ethyl adjacent to an activating group) is 1. The molecule has 3 heterocycles. The number of nitrogens with zero attached hydrogens (tertiary/aromatic N) is 2. The SMILES string of the molecule is CNC(=O)C[C@H]1CC[C@@H]2[C@@H](COc3ccc(NC(=O)c4cscn4)cc3C(=O)N2C)O1. The van der Waals surface area contributed by atoms with Gasteiger partial charge in [0.25, 0.3) is 11.8 Å². The number of ether oxygens (including phenoxy) is 2. The Kier molecular flexibility index (Phi) is 6.19. The Morgan fingerprint density at radius 1 is 1.32 bits per heavy atom. The fourth-order valence-electron chi connectivity index (χ4n) is 3.93. The summed E-state index contributed by atoms with van der Waals surface area (Å²) in [7, 11) is 3.35. The average molecular weight is 445 g/mol. The molecule has 3 atom stereocenters. The maximum atomic E-state index is 13.2. The summed E-state index contributed by atoms with van der Waals surface area (Å²) in [4.78, 5) is 42.9. The molecule has 0 spiro atoms. The Morgan fingerprint density at radius 3 is 2.90 bits per heavy atom. The van der Waals surface area contributed by atoms with Crippen LogP contribution in [-0.2, 0) is 9.53 Å².